The summed E-state index contributed by atoms with van der Waals surface area (Å²) < 4.78 is 43.7. The molecule has 6 nitrogen and oxygen atoms in total. The first-order valence-electron chi connectivity index (χ1n) is 13.7. The van der Waals surface area contributed by atoms with Crippen LogP contribution in [-0.2, 0) is 10.1 Å². The lowest BCUT2D eigenvalue weighted by atomic mass is 10.1. The Labute approximate surface area is 235 Å². The molecule has 1 aromatic heterocycles. The molecule has 0 spiro atoms. The standard InChI is InChI=1S/C31H35NO5S2/c1-2-3-23-39(33,34)37-26-17-15-24(16-18-26)31-30(36-25-11-6-4-7-12-25)29-27(13-10-14-28(29)38-31)35-22-21-32-19-8-5-9-20-32/h4,6-7,10-18H,2-3,5,8-9,19-23H2,1H3. The Balaban J connectivity index is 1.45. The number of hydrogen-bond acceptors (Lipinski definition) is 7. The molecule has 0 radical (unpaired) electrons. The molecule has 1 aliphatic rings. The number of benzene rings is 3. The van der Waals surface area contributed by atoms with Crippen LogP contribution in [0.2, 0.25) is 0 Å². The van der Waals surface area contributed by atoms with Gasteiger partial charge in [0.1, 0.15) is 23.9 Å². The molecule has 1 fully saturated rings. The molecule has 206 valence electrons. The third-order valence-electron chi connectivity index (χ3n) is 6.80. The molecule has 0 saturated carbocycles. The van der Waals surface area contributed by atoms with E-state index in [9.17, 15) is 8.42 Å². The predicted molar refractivity (Wildman–Crippen MR) is 159 cm³/mol. The van der Waals surface area contributed by atoms with Crippen LogP contribution in [0.15, 0.2) is 72.8 Å². The van der Waals surface area contributed by atoms with Crippen LogP contribution in [0.4, 0.5) is 0 Å². The average molecular weight is 566 g/mol. The second kappa shape index (κ2) is 12.9. The number of likely N-dealkylation sites (tertiary alicyclic amines) is 1. The number of thiophene rings is 1. The van der Waals surface area contributed by atoms with Crippen LogP contribution in [0.3, 0.4) is 0 Å². The van der Waals surface area contributed by atoms with E-state index in [1.807, 2.05) is 61.5 Å². The predicted octanol–water partition coefficient (Wildman–Crippen LogP) is 7.73. The van der Waals surface area contributed by atoms with Gasteiger partial charge >= 0.3 is 10.1 Å². The molecule has 4 aromatic rings. The van der Waals surface area contributed by atoms with E-state index in [2.05, 4.69) is 11.0 Å². The number of rotatable bonds is 12. The lowest BCUT2D eigenvalue weighted by Gasteiger charge is -2.26. The minimum Gasteiger partial charge on any atom is -0.491 e. The number of para-hydroxylation sites is 1. The number of nitrogens with zero attached hydrogens (tertiary/aromatic N) is 1. The lowest BCUT2D eigenvalue weighted by Crippen LogP contribution is -2.33. The van der Waals surface area contributed by atoms with Crippen molar-refractivity contribution in [3.8, 4) is 33.4 Å². The van der Waals surface area contributed by atoms with Crippen molar-refractivity contribution in [2.45, 2.75) is 39.0 Å². The number of ether oxygens (including phenoxy) is 2. The van der Waals surface area contributed by atoms with E-state index in [1.54, 1.807) is 23.5 Å². The van der Waals surface area contributed by atoms with Crippen LogP contribution in [-0.4, -0.2) is 45.3 Å². The highest BCUT2D eigenvalue weighted by molar-refractivity contribution is 7.87. The van der Waals surface area contributed by atoms with Gasteiger partial charge in [-0.05, 0) is 86.4 Å². The van der Waals surface area contributed by atoms with Crippen LogP contribution < -0.4 is 13.7 Å². The maximum Gasteiger partial charge on any atom is 0.309 e. The SMILES string of the molecule is CCCCS(=O)(=O)Oc1ccc(-c2sc3cccc(OCCN4CCCCC4)c3c2Oc2ccccc2)cc1. The van der Waals surface area contributed by atoms with Gasteiger partial charge in [-0.3, -0.25) is 4.90 Å². The highest BCUT2D eigenvalue weighted by atomic mass is 32.2. The molecule has 8 heteroatoms. The van der Waals surface area contributed by atoms with E-state index < -0.39 is 10.1 Å². The van der Waals surface area contributed by atoms with Crippen LogP contribution in [0.1, 0.15) is 39.0 Å². The van der Waals surface area contributed by atoms with E-state index in [1.165, 1.54) is 19.3 Å². The Morgan fingerprint density at radius 2 is 1.64 bits per heavy atom. The summed E-state index contributed by atoms with van der Waals surface area (Å²) in [7, 11) is -3.61. The largest absolute Gasteiger partial charge is 0.491 e. The molecule has 2 heterocycles. The summed E-state index contributed by atoms with van der Waals surface area (Å²) in [5.41, 5.74) is 0.916. The summed E-state index contributed by atoms with van der Waals surface area (Å²) in [4.78, 5) is 3.41. The topological polar surface area (TPSA) is 65.1 Å². The molecule has 0 unspecified atom stereocenters. The van der Waals surface area contributed by atoms with Crippen molar-refractivity contribution in [3.05, 3.63) is 72.8 Å². The zero-order chi connectivity index (χ0) is 27.1. The second-order valence-electron chi connectivity index (χ2n) is 9.78. The van der Waals surface area contributed by atoms with Crippen molar-refractivity contribution in [3.63, 3.8) is 0 Å². The third kappa shape index (κ3) is 7.12. The monoisotopic (exact) mass is 565 g/mol. The Morgan fingerprint density at radius 1 is 0.872 bits per heavy atom. The van der Waals surface area contributed by atoms with Gasteiger partial charge in [0, 0.05) is 11.2 Å². The van der Waals surface area contributed by atoms with Crippen LogP contribution >= 0.6 is 11.3 Å². The zero-order valence-corrected chi connectivity index (χ0v) is 23.9. The molecule has 1 aliphatic heterocycles. The average Bonchev–Trinajstić information content (AvgIpc) is 3.32. The van der Waals surface area contributed by atoms with Gasteiger partial charge in [-0.1, -0.05) is 44.0 Å². The lowest BCUT2D eigenvalue weighted by molar-refractivity contribution is 0.184. The third-order valence-corrected chi connectivity index (χ3v) is 9.22. The van der Waals surface area contributed by atoms with E-state index in [0.717, 1.165) is 63.8 Å². The van der Waals surface area contributed by atoms with Crippen LogP contribution in [0.5, 0.6) is 23.0 Å². The normalized spacial score (nSPS) is 14.4. The highest BCUT2D eigenvalue weighted by Crippen LogP contribution is 2.49. The number of piperidine rings is 1. The van der Waals surface area contributed by atoms with Crippen LogP contribution in [0.25, 0.3) is 20.5 Å². The fourth-order valence-corrected chi connectivity index (χ4v) is 7.02. The molecule has 39 heavy (non-hydrogen) atoms. The number of unbranched alkanes of at least 4 members (excludes halogenated alkanes) is 1. The first-order valence-corrected chi connectivity index (χ1v) is 16.1. The number of hydrogen-bond donors (Lipinski definition) is 0. The number of fused-ring (bicyclic) bond motifs is 1. The summed E-state index contributed by atoms with van der Waals surface area (Å²) in [6, 6.07) is 23.0. The molecular weight excluding hydrogens is 530 g/mol. The molecule has 0 aliphatic carbocycles. The summed E-state index contributed by atoms with van der Waals surface area (Å²) in [6.07, 6.45) is 5.20. The van der Waals surface area contributed by atoms with Gasteiger partial charge < -0.3 is 13.7 Å². The van der Waals surface area contributed by atoms with Crippen molar-refractivity contribution in [1.82, 2.24) is 4.90 Å². The smallest absolute Gasteiger partial charge is 0.309 e. The minimum absolute atomic E-state index is 0.0111. The molecular formula is C31H35NO5S2. The molecule has 5 rings (SSSR count). The van der Waals surface area contributed by atoms with Gasteiger partial charge in [0.15, 0.2) is 5.75 Å². The maximum atomic E-state index is 12.3. The van der Waals surface area contributed by atoms with Gasteiger partial charge in [0.2, 0.25) is 0 Å². The molecule has 0 bridgehead atoms. The first kappa shape index (κ1) is 27.5. The zero-order valence-electron chi connectivity index (χ0n) is 22.3. The molecule has 3 aromatic carbocycles. The Bertz CT molecular complexity index is 1460. The fourth-order valence-electron chi connectivity index (χ4n) is 4.74. The Morgan fingerprint density at radius 3 is 2.38 bits per heavy atom. The van der Waals surface area contributed by atoms with Gasteiger partial charge in [-0.25, -0.2) is 0 Å². The minimum atomic E-state index is -3.61. The molecule has 1 saturated heterocycles. The second-order valence-corrected chi connectivity index (χ2v) is 12.5. The summed E-state index contributed by atoms with van der Waals surface area (Å²) >= 11 is 1.63. The quantitative estimate of drug-likeness (QED) is 0.164. The van der Waals surface area contributed by atoms with E-state index in [-0.39, 0.29) is 5.75 Å². The van der Waals surface area contributed by atoms with E-state index in [4.69, 9.17) is 13.7 Å². The fraction of sp³-hybridized carbons (Fsp3) is 0.355. The maximum absolute atomic E-state index is 12.3. The van der Waals surface area contributed by atoms with Gasteiger partial charge in [0.25, 0.3) is 0 Å². The summed E-state index contributed by atoms with van der Waals surface area (Å²) in [6.45, 7) is 5.75. The van der Waals surface area contributed by atoms with E-state index in [0.29, 0.717) is 18.8 Å². The highest BCUT2D eigenvalue weighted by Gasteiger charge is 2.21. The summed E-state index contributed by atoms with van der Waals surface area (Å²) in [5, 5.41) is 0.947. The Hall–Kier alpha value is -3.07. The Kier molecular flexibility index (Phi) is 9.06. The van der Waals surface area contributed by atoms with E-state index >= 15 is 0 Å². The molecule has 0 atom stereocenters. The van der Waals surface area contributed by atoms with Gasteiger partial charge in [-0.15, -0.1) is 11.3 Å². The van der Waals surface area contributed by atoms with Crippen molar-refractivity contribution in [2.75, 3.05) is 32.0 Å². The van der Waals surface area contributed by atoms with Crippen LogP contribution in [0, 0.1) is 0 Å². The molecule has 0 amide bonds. The van der Waals surface area contributed by atoms with Crippen molar-refractivity contribution in [2.24, 2.45) is 0 Å². The molecule has 0 N–H and O–H groups in total. The van der Waals surface area contributed by atoms with Crippen molar-refractivity contribution >= 4 is 31.5 Å². The van der Waals surface area contributed by atoms with Gasteiger partial charge in [0.05, 0.1) is 16.0 Å². The van der Waals surface area contributed by atoms with Crippen molar-refractivity contribution < 1.29 is 22.1 Å². The van der Waals surface area contributed by atoms with Gasteiger partial charge in [-0.2, -0.15) is 8.42 Å². The summed E-state index contributed by atoms with van der Waals surface area (Å²) in [5.74, 6) is 2.60. The van der Waals surface area contributed by atoms with Crippen molar-refractivity contribution in [1.29, 1.82) is 0 Å². The first-order chi connectivity index (χ1) is 19.0.